The van der Waals surface area contributed by atoms with Crippen LogP contribution in [0.5, 0.6) is 5.75 Å². The van der Waals surface area contributed by atoms with Crippen molar-refractivity contribution < 1.29 is 18.3 Å². The summed E-state index contributed by atoms with van der Waals surface area (Å²) < 4.78 is 40.0. The number of rotatable bonds is 3. The zero-order valence-electron chi connectivity index (χ0n) is 13.6. The molecule has 0 atom stereocenters. The molecule has 2 N–H and O–H groups in total. The molecule has 0 saturated heterocycles. The van der Waals surface area contributed by atoms with Gasteiger partial charge in [0.15, 0.2) is 0 Å². The minimum Gasteiger partial charge on any atom is -0.507 e. The Morgan fingerprint density at radius 2 is 1.92 bits per heavy atom. The van der Waals surface area contributed by atoms with Crippen molar-refractivity contribution in [3.05, 3.63) is 64.9 Å². The fourth-order valence-electron chi connectivity index (χ4n) is 2.49. The first-order valence-corrected chi connectivity index (χ1v) is 7.55. The third-order valence-electron chi connectivity index (χ3n) is 3.71. The van der Waals surface area contributed by atoms with Gasteiger partial charge in [0.2, 0.25) is 0 Å². The molecule has 2 heterocycles. The highest BCUT2D eigenvalue weighted by molar-refractivity contribution is 5.71. The number of aromatic nitrogens is 4. The van der Waals surface area contributed by atoms with Gasteiger partial charge in [-0.3, -0.25) is 10.1 Å². The fraction of sp³-hybridized carbons (Fsp3) is 0.176. The van der Waals surface area contributed by atoms with Crippen molar-refractivity contribution in [2.45, 2.75) is 19.6 Å². The Kier molecular flexibility index (Phi) is 4.45. The molecule has 134 valence electrons. The van der Waals surface area contributed by atoms with Gasteiger partial charge in [-0.15, -0.1) is 0 Å². The van der Waals surface area contributed by atoms with Gasteiger partial charge in [0.1, 0.15) is 5.75 Å². The number of nitrogens with one attached hydrogen (secondary N) is 1. The maximum Gasteiger partial charge on any atom is 0.416 e. The van der Waals surface area contributed by atoms with E-state index in [-0.39, 0.29) is 22.2 Å². The lowest BCUT2D eigenvalue weighted by atomic mass is 10.0. The molecule has 0 fully saturated rings. The first-order valence-electron chi connectivity index (χ1n) is 7.55. The second-order valence-electron chi connectivity index (χ2n) is 5.71. The Morgan fingerprint density at radius 1 is 1.15 bits per heavy atom. The molecule has 9 heteroatoms. The molecule has 0 aliphatic rings. The normalized spacial score (nSPS) is 11.5. The SMILES string of the molecule is Cc1cc(C(F)(F)F)cc(O)c1-c1ccc(Cn2ccc(=N)cn2)nn1. The molecule has 6 nitrogen and oxygen atoms in total. The van der Waals surface area contributed by atoms with E-state index in [9.17, 15) is 18.3 Å². The summed E-state index contributed by atoms with van der Waals surface area (Å²) in [4.78, 5) is 0. The zero-order chi connectivity index (χ0) is 18.9. The standard InChI is InChI=1S/C17H14F3N5O/c1-10-6-11(17(18,19)20)7-15(26)16(10)14-3-2-13(23-24-14)9-25-5-4-12(21)8-22-25/h2-8,21,26H,9H2,1H3. The Hall–Kier alpha value is -3.23. The first kappa shape index (κ1) is 17.6. The Labute approximate surface area is 146 Å². The Bertz CT molecular complexity index is 953. The van der Waals surface area contributed by atoms with Crippen LogP contribution >= 0.6 is 0 Å². The van der Waals surface area contributed by atoms with Gasteiger partial charge < -0.3 is 5.11 Å². The van der Waals surface area contributed by atoms with E-state index in [4.69, 9.17) is 5.41 Å². The highest BCUT2D eigenvalue weighted by Crippen LogP contribution is 2.38. The molecule has 1 aromatic carbocycles. The van der Waals surface area contributed by atoms with E-state index in [0.29, 0.717) is 18.3 Å². The Morgan fingerprint density at radius 3 is 2.46 bits per heavy atom. The third kappa shape index (κ3) is 3.71. The van der Waals surface area contributed by atoms with Crippen LogP contribution in [-0.4, -0.2) is 25.1 Å². The van der Waals surface area contributed by atoms with E-state index in [0.717, 1.165) is 6.07 Å². The molecule has 2 aromatic heterocycles. The molecule has 3 rings (SSSR count). The van der Waals surface area contributed by atoms with Crippen LogP contribution in [0.15, 0.2) is 42.7 Å². The van der Waals surface area contributed by atoms with E-state index in [1.807, 2.05) is 0 Å². The summed E-state index contributed by atoms with van der Waals surface area (Å²) in [5.41, 5.74) is 0.397. The molecule has 0 radical (unpaired) electrons. The molecule has 0 unspecified atom stereocenters. The minimum atomic E-state index is -4.53. The lowest BCUT2D eigenvalue weighted by molar-refractivity contribution is -0.137. The highest BCUT2D eigenvalue weighted by atomic mass is 19.4. The summed E-state index contributed by atoms with van der Waals surface area (Å²) >= 11 is 0. The lowest BCUT2D eigenvalue weighted by Gasteiger charge is -2.13. The molecule has 0 spiro atoms. The first-order chi connectivity index (χ1) is 12.2. The van der Waals surface area contributed by atoms with Gasteiger partial charge in [0.05, 0.1) is 35.1 Å². The number of halogens is 3. The van der Waals surface area contributed by atoms with Crippen molar-refractivity contribution in [3.63, 3.8) is 0 Å². The molecule has 0 aliphatic heterocycles. The fourth-order valence-corrected chi connectivity index (χ4v) is 2.49. The molecule has 0 aliphatic carbocycles. The molecule has 0 saturated carbocycles. The van der Waals surface area contributed by atoms with Crippen LogP contribution in [0.25, 0.3) is 11.3 Å². The van der Waals surface area contributed by atoms with Gasteiger partial charge in [-0.05, 0) is 42.8 Å². The lowest BCUT2D eigenvalue weighted by Crippen LogP contribution is -2.11. The maximum absolute atomic E-state index is 12.8. The van der Waals surface area contributed by atoms with E-state index in [1.165, 1.54) is 13.1 Å². The van der Waals surface area contributed by atoms with Crippen LogP contribution in [0.2, 0.25) is 0 Å². The van der Waals surface area contributed by atoms with Gasteiger partial charge >= 0.3 is 6.18 Å². The number of aromatic hydroxyl groups is 1. The summed E-state index contributed by atoms with van der Waals surface area (Å²) in [6.07, 6.45) is -1.51. The molecule has 0 bridgehead atoms. The van der Waals surface area contributed by atoms with E-state index < -0.39 is 17.5 Å². The van der Waals surface area contributed by atoms with Gasteiger partial charge in [-0.1, -0.05) is 0 Å². The smallest absolute Gasteiger partial charge is 0.416 e. The van der Waals surface area contributed by atoms with Crippen molar-refractivity contribution in [2.24, 2.45) is 0 Å². The van der Waals surface area contributed by atoms with Crippen LogP contribution < -0.4 is 5.36 Å². The van der Waals surface area contributed by atoms with Gasteiger partial charge in [0.25, 0.3) is 0 Å². The predicted octanol–water partition coefficient (Wildman–Crippen LogP) is 2.90. The third-order valence-corrected chi connectivity index (χ3v) is 3.71. The summed E-state index contributed by atoms with van der Waals surface area (Å²) in [7, 11) is 0. The average Bonchev–Trinajstić information content (AvgIpc) is 2.57. The van der Waals surface area contributed by atoms with Crippen LogP contribution in [0, 0.1) is 12.3 Å². The van der Waals surface area contributed by atoms with Crippen molar-refractivity contribution in [2.75, 3.05) is 0 Å². The molecule has 26 heavy (non-hydrogen) atoms. The second-order valence-corrected chi connectivity index (χ2v) is 5.71. The summed E-state index contributed by atoms with van der Waals surface area (Å²) in [6.45, 7) is 1.80. The summed E-state index contributed by atoms with van der Waals surface area (Å²) in [5.74, 6) is -0.499. The predicted molar refractivity (Wildman–Crippen MR) is 86.1 cm³/mol. The largest absolute Gasteiger partial charge is 0.507 e. The highest BCUT2D eigenvalue weighted by Gasteiger charge is 2.32. The van der Waals surface area contributed by atoms with Crippen LogP contribution in [0.1, 0.15) is 16.8 Å². The number of benzene rings is 1. The topological polar surface area (TPSA) is 87.7 Å². The average molecular weight is 361 g/mol. The van der Waals surface area contributed by atoms with Crippen molar-refractivity contribution >= 4 is 0 Å². The van der Waals surface area contributed by atoms with Crippen molar-refractivity contribution in [3.8, 4) is 17.0 Å². The molecular weight excluding hydrogens is 347 g/mol. The number of hydrogen-bond acceptors (Lipinski definition) is 5. The van der Waals surface area contributed by atoms with Crippen molar-refractivity contribution in [1.29, 1.82) is 5.41 Å². The second kappa shape index (κ2) is 6.58. The van der Waals surface area contributed by atoms with Crippen LogP contribution in [-0.2, 0) is 12.7 Å². The number of nitrogens with zero attached hydrogens (tertiary/aromatic N) is 4. The zero-order valence-corrected chi connectivity index (χ0v) is 13.6. The van der Waals surface area contributed by atoms with E-state index >= 15 is 0 Å². The van der Waals surface area contributed by atoms with Gasteiger partial charge in [-0.25, -0.2) is 0 Å². The number of phenolic OH excluding ortho intramolecular Hbond substituents is 1. The number of hydrogen-bond donors (Lipinski definition) is 2. The van der Waals surface area contributed by atoms with Gasteiger partial charge in [0, 0.05) is 11.8 Å². The summed E-state index contributed by atoms with van der Waals surface area (Å²) in [5, 5.41) is 29.8. The van der Waals surface area contributed by atoms with Crippen LogP contribution in [0.4, 0.5) is 13.2 Å². The molecule has 3 aromatic rings. The van der Waals surface area contributed by atoms with E-state index in [1.54, 1.807) is 29.1 Å². The minimum absolute atomic E-state index is 0.210. The quantitative estimate of drug-likeness (QED) is 0.751. The number of alkyl halides is 3. The van der Waals surface area contributed by atoms with Crippen LogP contribution in [0.3, 0.4) is 0 Å². The van der Waals surface area contributed by atoms with Gasteiger partial charge in [-0.2, -0.15) is 28.5 Å². The monoisotopic (exact) mass is 361 g/mol. The summed E-state index contributed by atoms with van der Waals surface area (Å²) in [6, 6.07) is 6.46. The number of phenols is 1. The Balaban J connectivity index is 1.89. The maximum atomic E-state index is 12.8. The van der Waals surface area contributed by atoms with E-state index in [2.05, 4.69) is 15.3 Å². The molecule has 0 amide bonds. The number of aryl methyl sites for hydroxylation is 1. The molecular formula is C17H14F3N5O. The van der Waals surface area contributed by atoms with Crippen molar-refractivity contribution in [1.82, 2.24) is 20.0 Å².